The van der Waals surface area contributed by atoms with Gasteiger partial charge in [0.25, 0.3) is 0 Å². The van der Waals surface area contributed by atoms with Crippen molar-refractivity contribution in [1.29, 1.82) is 0 Å². The summed E-state index contributed by atoms with van der Waals surface area (Å²) < 4.78 is 6.92. The van der Waals surface area contributed by atoms with E-state index in [4.69, 9.17) is 16.3 Å². The SMILES string of the molecule is COc1ccc(Cn2c(O)c(C(=O)c3cccs3)c3cc(Cl)ccc32)cc1. The number of halogens is 1. The maximum Gasteiger partial charge on any atom is 0.208 e. The van der Waals surface area contributed by atoms with E-state index in [9.17, 15) is 9.90 Å². The van der Waals surface area contributed by atoms with E-state index in [0.29, 0.717) is 21.8 Å². The summed E-state index contributed by atoms with van der Waals surface area (Å²) in [5, 5.41) is 13.9. The Labute approximate surface area is 165 Å². The van der Waals surface area contributed by atoms with Gasteiger partial charge in [-0.2, -0.15) is 0 Å². The lowest BCUT2D eigenvalue weighted by Crippen LogP contribution is -2.01. The molecular formula is C21H16ClNO3S. The highest BCUT2D eigenvalue weighted by Crippen LogP contribution is 2.36. The quantitative estimate of drug-likeness (QED) is 0.462. The fraction of sp³-hybridized carbons (Fsp3) is 0.0952. The topological polar surface area (TPSA) is 51.5 Å². The van der Waals surface area contributed by atoms with Gasteiger partial charge in [-0.25, -0.2) is 0 Å². The van der Waals surface area contributed by atoms with Crippen LogP contribution in [-0.2, 0) is 6.54 Å². The average molecular weight is 398 g/mol. The van der Waals surface area contributed by atoms with Gasteiger partial charge in [-0.3, -0.25) is 4.79 Å². The molecule has 4 nitrogen and oxygen atoms in total. The lowest BCUT2D eigenvalue weighted by atomic mass is 10.1. The van der Waals surface area contributed by atoms with E-state index in [1.807, 2.05) is 41.8 Å². The minimum absolute atomic E-state index is 0.0542. The molecule has 4 rings (SSSR count). The Hall–Kier alpha value is -2.76. The number of carbonyl (C=O) groups excluding carboxylic acids is 1. The molecule has 0 fully saturated rings. The van der Waals surface area contributed by atoms with Crippen molar-refractivity contribution in [2.24, 2.45) is 0 Å². The minimum atomic E-state index is -0.205. The normalized spacial score (nSPS) is 11.0. The number of methoxy groups -OCH3 is 1. The molecule has 0 aliphatic carbocycles. The van der Waals surface area contributed by atoms with Gasteiger partial charge in [0, 0.05) is 10.4 Å². The highest BCUT2D eigenvalue weighted by molar-refractivity contribution is 7.12. The van der Waals surface area contributed by atoms with Crippen LogP contribution < -0.4 is 4.74 Å². The second-order valence-corrected chi connectivity index (χ2v) is 7.48. The predicted octanol–water partition coefficient (Wildman–Crippen LogP) is 5.35. The molecule has 27 heavy (non-hydrogen) atoms. The molecule has 0 radical (unpaired) electrons. The smallest absolute Gasteiger partial charge is 0.208 e. The van der Waals surface area contributed by atoms with Crippen LogP contribution in [0.3, 0.4) is 0 Å². The number of aromatic hydroxyl groups is 1. The number of fused-ring (bicyclic) bond motifs is 1. The first-order valence-corrected chi connectivity index (χ1v) is 9.56. The third-order valence-electron chi connectivity index (χ3n) is 4.47. The van der Waals surface area contributed by atoms with Gasteiger partial charge in [-0.05, 0) is 47.3 Å². The molecule has 0 spiro atoms. The molecule has 2 aromatic carbocycles. The van der Waals surface area contributed by atoms with E-state index in [1.165, 1.54) is 11.3 Å². The van der Waals surface area contributed by atoms with Crippen molar-refractivity contribution in [3.63, 3.8) is 0 Å². The zero-order valence-electron chi connectivity index (χ0n) is 14.5. The lowest BCUT2D eigenvalue weighted by Gasteiger charge is -2.08. The number of ether oxygens (including phenoxy) is 1. The van der Waals surface area contributed by atoms with Crippen molar-refractivity contribution in [2.45, 2.75) is 6.54 Å². The summed E-state index contributed by atoms with van der Waals surface area (Å²) >= 11 is 7.51. The standard InChI is InChI=1S/C21H16ClNO3S/c1-26-15-7-4-13(5-8-15)12-23-17-9-6-14(22)11-16(17)19(21(23)25)20(24)18-3-2-10-27-18/h2-11,25H,12H2,1H3. The van der Waals surface area contributed by atoms with E-state index in [2.05, 4.69) is 0 Å². The summed E-state index contributed by atoms with van der Waals surface area (Å²) in [6.45, 7) is 0.422. The van der Waals surface area contributed by atoms with Crippen molar-refractivity contribution in [3.05, 3.63) is 81.0 Å². The molecule has 2 aromatic heterocycles. The van der Waals surface area contributed by atoms with Gasteiger partial charge in [0.15, 0.2) is 0 Å². The number of nitrogens with zero attached hydrogens (tertiary/aromatic N) is 1. The summed E-state index contributed by atoms with van der Waals surface area (Å²) in [7, 11) is 1.62. The number of aromatic nitrogens is 1. The molecule has 0 aliphatic heterocycles. The first-order chi connectivity index (χ1) is 13.1. The van der Waals surface area contributed by atoms with Crippen LogP contribution in [0.1, 0.15) is 20.8 Å². The molecule has 0 unspecified atom stereocenters. The monoisotopic (exact) mass is 397 g/mol. The average Bonchev–Trinajstić information content (AvgIpc) is 3.29. The first-order valence-electron chi connectivity index (χ1n) is 8.30. The van der Waals surface area contributed by atoms with Crippen molar-refractivity contribution in [2.75, 3.05) is 7.11 Å². The number of hydrogen-bond donors (Lipinski definition) is 1. The zero-order valence-corrected chi connectivity index (χ0v) is 16.1. The van der Waals surface area contributed by atoms with Crippen LogP contribution >= 0.6 is 22.9 Å². The Morgan fingerprint density at radius 1 is 1.19 bits per heavy atom. The minimum Gasteiger partial charge on any atom is -0.497 e. The van der Waals surface area contributed by atoms with Crippen LogP contribution in [0.2, 0.25) is 5.02 Å². The van der Waals surface area contributed by atoms with Crippen molar-refractivity contribution < 1.29 is 14.6 Å². The molecule has 0 saturated carbocycles. The molecule has 136 valence electrons. The Morgan fingerprint density at radius 2 is 1.96 bits per heavy atom. The molecule has 0 atom stereocenters. The van der Waals surface area contributed by atoms with Crippen molar-refractivity contribution in [3.8, 4) is 11.6 Å². The molecule has 6 heteroatoms. The van der Waals surface area contributed by atoms with Crippen LogP contribution in [0.4, 0.5) is 0 Å². The van der Waals surface area contributed by atoms with Crippen molar-refractivity contribution >= 4 is 39.6 Å². The number of benzene rings is 2. The van der Waals surface area contributed by atoms with Gasteiger partial charge in [-0.15, -0.1) is 11.3 Å². The second kappa shape index (κ2) is 7.10. The van der Waals surface area contributed by atoms with E-state index in [1.54, 1.807) is 29.9 Å². The number of rotatable bonds is 5. The first kappa shape index (κ1) is 17.6. The fourth-order valence-corrected chi connectivity index (χ4v) is 3.98. The predicted molar refractivity (Wildman–Crippen MR) is 108 cm³/mol. The Morgan fingerprint density at radius 3 is 2.63 bits per heavy atom. The third-order valence-corrected chi connectivity index (χ3v) is 5.57. The molecule has 0 bridgehead atoms. The summed E-state index contributed by atoms with van der Waals surface area (Å²) in [5.74, 6) is 0.505. The second-order valence-electron chi connectivity index (χ2n) is 6.10. The van der Waals surface area contributed by atoms with Gasteiger partial charge >= 0.3 is 0 Å². The number of thiophene rings is 1. The van der Waals surface area contributed by atoms with Gasteiger partial charge in [0.2, 0.25) is 11.7 Å². The summed E-state index contributed by atoms with van der Waals surface area (Å²) in [6.07, 6.45) is 0. The van der Waals surface area contributed by atoms with Gasteiger partial charge < -0.3 is 14.4 Å². The number of hydrogen-bond acceptors (Lipinski definition) is 4. The van der Waals surface area contributed by atoms with Gasteiger partial charge in [0.05, 0.1) is 29.6 Å². The van der Waals surface area contributed by atoms with Crippen LogP contribution in [0.5, 0.6) is 11.6 Å². The van der Waals surface area contributed by atoms with Crippen molar-refractivity contribution in [1.82, 2.24) is 4.57 Å². The number of ketones is 1. The molecule has 0 amide bonds. The molecule has 2 heterocycles. The summed E-state index contributed by atoms with van der Waals surface area (Å²) in [4.78, 5) is 13.6. The maximum atomic E-state index is 13.0. The molecular weight excluding hydrogens is 382 g/mol. The van der Waals surface area contributed by atoms with Crippen LogP contribution in [0, 0.1) is 0 Å². The van der Waals surface area contributed by atoms with Crippen LogP contribution in [0.15, 0.2) is 60.0 Å². The van der Waals surface area contributed by atoms with E-state index >= 15 is 0 Å². The Bertz CT molecular complexity index is 1110. The summed E-state index contributed by atoms with van der Waals surface area (Å²) in [6, 6.07) is 16.5. The molecule has 0 saturated heterocycles. The van der Waals surface area contributed by atoms with E-state index < -0.39 is 0 Å². The Kier molecular flexibility index (Phi) is 4.64. The van der Waals surface area contributed by atoms with Crippen LogP contribution in [-0.4, -0.2) is 22.6 Å². The molecule has 0 aliphatic rings. The van der Waals surface area contributed by atoms with Crippen LogP contribution in [0.25, 0.3) is 10.9 Å². The van der Waals surface area contributed by atoms with E-state index in [-0.39, 0.29) is 17.2 Å². The number of carbonyl (C=O) groups is 1. The lowest BCUT2D eigenvalue weighted by molar-refractivity contribution is 0.104. The largest absolute Gasteiger partial charge is 0.497 e. The highest BCUT2D eigenvalue weighted by atomic mass is 35.5. The summed E-state index contributed by atoms with van der Waals surface area (Å²) in [5.41, 5.74) is 2.02. The Balaban J connectivity index is 1.85. The fourth-order valence-electron chi connectivity index (χ4n) is 3.14. The van der Waals surface area contributed by atoms with E-state index in [0.717, 1.165) is 16.8 Å². The zero-order chi connectivity index (χ0) is 19.0. The molecule has 1 N–H and O–H groups in total. The third kappa shape index (κ3) is 3.20. The van der Waals surface area contributed by atoms with Gasteiger partial charge in [-0.1, -0.05) is 29.8 Å². The maximum absolute atomic E-state index is 13.0. The van der Waals surface area contributed by atoms with Gasteiger partial charge in [0.1, 0.15) is 5.75 Å². The molecule has 4 aromatic rings. The highest BCUT2D eigenvalue weighted by Gasteiger charge is 2.24.